The van der Waals surface area contributed by atoms with Gasteiger partial charge in [-0.15, -0.1) is 0 Å². The molecule has 27 heavy (non-hydrogen) atoms. The lowest BCUT2D eigenvalue weighted by Gasteiger charge is -2.29. The molecule has 0 aromatic rings. The minimum Gasteiger partial charge on any atom is -0.301 e. The highest BCUT2D eigenvalue weighted by molar-refractivity contribution is 4.69. The quantitative estimate of drug-likeness (QED) is 0.463. The van der Waals surface area contributed by atoms with Crippen molar-refractivity contribution in [3.63, 3.8) is 0 Å². The minimum atomic E-state index is 0. The first kappa shape index (κ1) is 41.3. The highest BCUT2D eigenvalue weighted by Gasteiger charge is 2.13. The van der Waals surface area contributed by atoms with Crippen LogP contribution in [0.15, 0.2) is 0 Å². The van der Waals surface area contributed by atoms with E-state index in [1.165, 1.54) is 58.3 Å². The molecule has 0 spiro atoms. The van der Waals surface area contributed by atoms with Gasteiger partial charge in [0, 0.05) is 12.1 Å². The van der Waals surface area contributed by atoms with Gasteiger partial charge >= 0.3 is 0 Å². The Balaban J connectivity index is -0.0000000568. The van der Waals surface area contributed by atoms with Crippen LogP contribution in [0.2, 0.25) is 0 Å². The van der Waals surface area contributed by atoms with Crippen molar-refractivity contribution in [2.45, 2.75) is 142 Å². The first-order valence-corrected chi connectivity index (χ1v) is 11.6. The Bertz CT molecular complexity index is 179. The van der Waals surface area contributed by atoms with Crippen LogP contribution in [-0.4, -0.2) is 48.1 Å². The Morgan fingerprint density at radius 1 is 0.407 bits per heavy atom. The molecule has 0 aromatic carbocycles. The summed E-state index contributed by atoms with van der Waals surface area (Å²) in [6.07, 6.45) is 7.11. The van der Waals surface area contributed by atoms with Crippen molar-refractivity contribution in [2.24, 2.45) is 0 Å². The van der Waals surface area contributed by atoms with Gasteiger partial charge in [0.2, 0.25) is 0 Å². The molecule has 0 aromatic heterocycles. The maximum Gasteiger partial charge on any atom is 0.00385 e. The van der Waals surface area contributed by atoms with Crippen LogP contribution in [0.1, 0.15) is 130 Å². The fraction of sp³-hybridized carbons (Fsp3) is 1.00. The van der Waals surface area contributed by atoms with Crippen molar-refractivity contribution < 1.29 is 0 Å². The molecule has 2 aliphatic heterocycles. The molecule has 2 heterocycles. The Morgan fingerprint density at radius 2 is 0.593 bits per heavy atom. The molecule has 0 aliphatic carbocycles. The Kier molecular flexibility index (Phi) is 56.3. The van der Waals surface area contributed by atoms with Crippen molar-refractivity contribution in [3.8, 4) is 0 Å². The molecular formula is C25H64N2. The second-order valence-corrected chi connectivity index (χ2v) is 6.03. The van der Waals surface area contributed by atoms with E-state index in [1.807, 2.05) is 55.4 Å². The van der Waals surface area contributed by atoms with Gasteiger partial charge in [0.25, 0.3) is 0 Å². The van der Waals surface area contributed by atoms with E-state index in [-0.39, 0.29) is 14.9 Å². The standard InChI is InChI=1S/C8H17N.C7H15N.4C2H6.2CH4/c1-8(2)9-6-4-3-5-7-9;1-7(2)8-5-3-4-6-8;4*1-2;;/h8H,3-7H2,1-2H3;7H,3-6H2,1-2H3;4*1-2H3;2*1H4. The molecule has 2 fully saturated rings. The van der Waals surface area contributed by atoms with E-state index in [0.29, 0.717) is 0 Å². The highest BCUT2D eigenvalue weighted by Crippen LogP contribution is 2.11. The second kappa shape index (κ2) is 36.8. The first-order valence-electron chi connectivity index (χ1n) is 11.6. The lowest BCUT2D eigenvalue weighted by Crippen LogP contribution is -2.35. The zero-order valence-corrected chi connectivity index (χ0v) is 20.4. The van der Waals surface area contributed by atoms with Gasteiger partial charge in [-0.2, -0.15) is 0 Å². The average Bonchev–Trinajstić information content (AvgIpc) is 3.25. The minimum absolute atomic E-state index is 0. The predicted molar refractivity (Wildman–Crippen MR) is 135 cm³/mol. The van der Waals surface area contributed by atoms with Crippen LogP contribution in [0, 0.1) is 0 Å². The van der Waals surface area contributed by atoms with E-state index >= 15 is 0 Å². The van der Waals surface area contributed by atoms with E-state index in [4.69, 9.17) is 0 Å². The number of rotatable bonds is 2. The number of piperidine rings is 1. The molecule has 2 saturated heterocycles. The molecule has 2 nitrogen and oxygen atoms in total. The SMILES string of the molecule is C.C.CC.CC.CC.CC.CC(C)N1CCCC1.CC(C)N1CCCCC1. The summed E-state index contributed by atoms with van der Waals surface area (Å²) in [7, 11) is 0. The van der Waals surface area contributed by atoms with Crippen molar-refractivity contribution >= 4 is 0 Å². The van der Waals surface area contributed by atoms with Gasteiger partial charge in [-0.05, 0) is 79.6 Å². The van der Waals surface area contributed by atoms with Gasteiger partial charge in [0.1, 0.15) is 0 Å². The van der Waals surface area contributed by atoms with E-state index in [0.717, 1.165) is 12.1 Å². The topological polar surface area (TPSA) is 6.48 Å². The van der Waals surface area contributed by atoms with E-state index in [1.54, 1.807) is 0 Å². The summed E-state index contributed by atoms with van der Waals surface area (Å²) >= 11 is 0. The molecule has 0 amide bonds. The molecular weight excluding hydrogens is 328 g/mol. The summed E-state index contributed by atoms with van der Waals surface area (Å²) in [6, 6.07) is 1.54. The van der Waals surface area contributed by atoms with Crippen molar-refractivity contribution in [1.29, 1.82) is 0 Å². The van der Waals surface area contributed by atoms with Gasteiger partial charge in [0.15, 0.2) is 0 Å². The zero-order valence-electron chi connectivity index (χ0n) is 20.4. The van der Waals surface area contributed by atoms with Crippen LogP contribution in [0.5, 0.6) is 0 Å². The van der Waals surface area contributed by atoms with Crippen molar-refractivity contribution in [2.75, 3.05) is 26.2 Å². The molecule has 0 bridgehead atoms. The second-order valence-electron chi connectivity index (χ2n) is 6.03. The summed E-state index contributed by atoms with van der Waals surface area (Å²) in [6.45, 7) is 30.4. The number of hydrogen-bond donors (Lipinski definition) is 0. The maximum atomic E-state index is 2.56. The zero-order chi connectivity index (χ0) is 20.7. The molecule has 174 valence electrons. The van der Waals surface area contributed by atoms with Gasteiger partial charge in [0.05, 0.1) is 0 Å². The van der Waals surface area contributed by atoms with Crippen LogP contribution >= 0.6 is 0 Å². The molecule has 0 unspecified atom stereocenters. The fourth-order valence-electron chi connectivity index (χ4n) is 2.69. The smallest absolute Gasteiger partial charge is 0.00385 e. The van der Waals surface area contributed by atoms with Gasteiger partial charge < -0.3 is 9.80 Å². The van der Waals surface area contributed by atoms with Crippen molar-refractivity contribution in [1.82, 2.24) is 9.80 Å². The summed E-state index contributed by atoms with van der Waals surface area (Å²) in [5.41, 5.74) is 0. The molecule has 2 aliphatic rings. The summed E-state index contributed by atoms with van der Waals surface area (Å²) in [5, 5.41) is 0. The van der Waals surface area contributed by atoms with Crippen LogP contribution in [0.3, 0.4) is 0 Å². The number of hydrogen-bond acceptors (Lipinski definition) is 2. The van der Waals surface area contributed by atoms with Gasteiger partial charge in [-0.1, -0.05) is 76.7 Å². The van der Waals surface area contributed by atoms with E-state index < -0.39 is 0 Å². The Labute approximate surface area is 178 Å². The third-order valence-electron chi connectivity index (χ3n) is 3.99. The average molecular weight is 393 g/mol. The van der Waals surface area contributed by atoms with E-state index in [2.05, 4.69) is 37.5 Å². The van der Waals surface area contributed by atoms with Gasteiger partial charge in [-0.3, -0.25) is 0 Å². The highest BCUT2D eigenvalue weighted by atomic mass is 15.2. The molecule has 0 saturated carbocycles. The van der Waals surface area contributed by atoms with Crippen LogP contribution < -0.4 is 0 Å². The normalized spacial score (nSPS) is 15.3. The van der Waals surface area contributed by atoms with Gasteiger partial charge in [-0.25, -0.2) is 0 Å². The first-order chi connectivity index (χ1) is 12.1. The lowest BCUT2D eigenvalue weighted by molar-refractivity contribution is 0.185. The lowest BCUT2D eigenvalue weighted by atomic mass is 10.1. The molecule has 0 atom stereocenters. The largest absolute Gasteiger partial charge is 0.301 e. The molecule has 2 heteroatoms. The third kappa shape index (κ3) is 28.2. The van der Waals surface area contributed by atoms with Crippen LogP contribution in [0.4, 0.5) is 0 Å². The summed E-state index contributed by atoms with van der Waals surface area (Å²) in [5.74, 6) is 0. The monoisotopic (exact) mass is 393 g/mol. The summed E-state index contributed by atoms with van der Waals surface area (Å²) < 4.78 is 0. The van der Waals surface area contributed by atoms with Crippen LogP contribution in [-0.2, 0) is 0 Å². The summed E-state index contributed by atoms with van der Waals surface area (Å²) in [4.78, 5) is 5.09. The number of nitrogens with zero attached hydrogens (tertiary/aromatic N) is 2. The maximum absolute atomic E-state index is 2.56. The molecule has 0 N–H and O–H groups in total. The Hall–Kier alpha value is -0.0800. The fourth-order valence-corrected chi connectivity index (χ4v) is 2.69. The molecule has 2 rings (SSSR count). The number of likely N-dealkylation sites (tertiary alicyclic amines) is 2. The van der Waals surface area contributed by atoms with Crippen LogP contribution in [0.25, 0.3) is 0 Å². The predicted octanol–water partition coefficient (Wildman–Crippen LogP) is 8.75. The third-order valence-corrected chi connectivity index (χ3v) is 3.99. The van der Waals surface area contributed by atoms with Crippen molar-refractivity contribution in [3.05, 3.63) is 0 Å². The van der Waals surface area contributed by atoms with E-state index in [9.17, 15) is 0 Å². The Morgan fingerprint density at radius 3 is 0.741 bits per heavy atom. The molecule has 0 radical (unpaired) electrons.